The van der Waals surface area contributed by atoms with Gasteiger partial charge in [-0.2, -0.15) is 5.10 Å². The summed E-state index contributed by atoms with van der Waals surface area (Å²) in [5.74, 6) is 0.391. The average molecular weight is 314 g/mol. The minimum absolute atomic E-state index is 0.0519. The Morgan fingerprint density at radius 1 is 1.22 bits per heavy atom. The van der Waals surface area contributed by atoms with E-state index in [1.165, 1.54) is 11.1 Å². The molecule has 1 rings (SSSR count). The minimum Gasteiger partial charge on any atom is -0.484 e. The van der Waals surface area contributed by atoms with Gasteiger partial charge < -0.3 is 4.74 Å². The van der Waals surface area contributed by atoms with Gasteiger partial charge >= 0.3 is 0 Å². The lowest BCUT2D eigenvalue weighted by atomic mass is 10.1. The third-order valence-electron chi connectivity index (χ3n) is 3.11. The zero-order valence-corrected chi connectivity index (χ0v) is 14.4. The molecule has 4 heteroatoms. The Morgan fingerprint density at radius 2 is 1.91 bits per heavy atom. The molecule has 1 amide bonds. The van der Waals surface area contributed by atoms with Crippen LogP contribution in [0.25, 0.3) is 0 Å². The number of hydrogen-bond donors (Lipinski definition) is 1. The molecule has 0 spiro atoms. The van der Waals surface area contributed by atoms with E-state index >= 15 is 0 Å². The lowest BCUT2D eigenvalue weighted by Gasteiger charge is -2.04. The lowest BCUT2D eigenvalue weighted by Crippen LogP contribution is -2.24. The molecule has 0 unspecified atom stereocenters. The van der Waals surface area contributed by atoms with Gasteiger partial charge in [0.1, 0.15) is 5.75 Å². The number of carbonyl (C=O) groups is 1. The summed E-state index contributed by atoms with van der Waals surface area (Å²) in [6.45, 7) is 8.18. The number of amides is 1. The summed E-state index contributed by atoms with van der Waals surface area (Å²) in [4.78, 5) is 11.6. The summed E-state index contributed by atoms with van der Waals surface area (Å²) < 4.78 is 5.37. The molecule has 0 aromatic heterocycles. The maximum Gasteiger partial charge on any atom is 0.277 e. The van der Waals surface area contributed by atoms with Crippen LogP contribution in [0.3, 0.4) is 0 Å². The number of carbonyl (C=O) groups excluding carboxylic acids is 1. The number of hydrogen-bond acceptors (Lipinski definition) is 3. The smallest absolute Gasteiger partial charge is 0.277 e. The molecule has 0 saturated carbocycles. The second kappa shape index (κ2) is 10.4. The molecule has 0 radical (unpaired) electrons. The van der Waals surface area contributed by atoms with Gasteiger partial charge in [-0.3, -0.25) is 4.79 Å². The summed E-state index contributed by atoms with van der Waals surface area (Å²) in [6.07, 6.45) is 7.72. The molecule has 0 heterocycles. The van der Waals surface area contributed by atoms with Crippen LogP contribution in [0.4, 0.5) is 0 Å². The lowest BCUT2D eigenvalue weighted by molar-refractivity contribution is -0.123. The fourth-order valence-electron chi connectivity index (χ4n) is 1.76. The van der Waals surface area contributed by atoms with Crippen molar-refractivity contribution >= 4 is 12.1 Å². The van der Waals surface area contributed by atoms with Crippen LogP contribution in [0.5, 0.6) is 5.75 Å². The van der Waals surface area contributed by atoms with Gasteiger partial charge in [0.25, 0.3) is 5.91 Å². The van der Waals surface area contributed by atoms with Crippen molar-refractivity contribution < 1.29 is 9.53 Å². The highest BCUT2D eigenvalue weighted by Gasteiger charge is 2.00. The summed E-state index contributed by atoms with van der Waals surface area (Å²) in [6, 6.07) is 7.55. The molecule has 1 aromatic rings. The van der Waals surface area contributed by atoms with Crippen molar-refractivity contribution in [2.45, 2.75) is 40.5 Å². The molecule has 0 atom stereocenters. The van der Waals surface area contributed by atoms with Crippen molar-refractivity contribution in [1.82, 2.24) is 5.43 Å². The largest absolute Gasteiger partial charge is 0.484 e. The van der Waals surface area contributed by atoms with E-state index in [9.17, 15) is 4.79 Å². The zero-order chi connectivity index (χ0) is 17.1. The monoisotopic (exact) mass is 314 g/mol. The van der Waals surface area contributed by atoms with Crippen LogP contribution in [-0.2, 0) is 4.79 Å². The van der Waals surface area contributed by atoms with Gasteiger partial charge in [0, 0.05) is 6.21 Å². The third kappa shape index (κ3) is 9.30. The van der Waals surface area contributed by atoms with E-state index in [0.717, 1.165) is 18.4 Å². The standard InChI is InChI=1S/C19H26N2O2/c1-15(2)6-5-7-16(3)12-13-20-21-19(22)14-23-18-10-8-17(4)9-11-18/h6,8-13H,5,7,14H2,1-4H3,(H,21,22). The van der Waals surface area contributed by atoms with Crippen LogP contribution < -0.4 is 10.2 Å². The Hall–Kier alpha value is -2.36. The SMILES string of the molecule is CC(C)=CCCC(C)=CC=NNC(=O)COc1ccc(C)cc1. The van der Waals surface area contributed by atoms with Crippen molar-refractivity contribution in [1.29, 1.82) is 0 Å². The van der Waals surface area contributed by atoms with Gasteiger partial charge in [0.15, 0.2) is 6.61 Å². The summed E-state index contributed by atoms with van der Waals surface area (Å²) in [7, 11) is 0. The average Bonchev–Trinajstić information content (AvgIpc) is 2.50. The summed E-state index contributed by atoms with van der Waals surface area (Å²) in [5.41, 5.74) is 6.14. The second-order valence-electron chi connectivity index (χ2n) is 5.75. The molecule has 124 valence electrons. The van der Waals surface area contributed by atoms with Gasteiger partial charge in [-0.05, 0) is 58.7 Å². The van der Waals surface area contributed by atoms with Crippen molar-refractivity contribution in [2.24, 2.45) is 5.10 Å². The quantitative estimate of drug-likeness (QED) is 0.445. The number of nitrogens with one attached hydrogen (secondary N) is 1. The third-order valence-corrected chi connectivity index (χ3v) is 3.11. The first-order valence-corrected chi connectivity index (χ1v) is 7.78. The summed E-state index contributed by atoms with van der Waals surface area (Å²) >= 11 is 0. The van der Waals surface area contributed by atoms with Crippen LogP contribution in [-0.4, -0.2) is 18.7 Å². The molecule has 0 aliphatic heterocycles. The maximum absolute atomic E-state index is 11.6. The van der Waals surface area contributed by atoms with Crippen LogP contribution in [0, 0.1) is 6.92 Å². The van der Waals surface area contributed by atoms with E-state index < -0.39 is 0 Å². The molecule has 1 aromatic carbocycles. The molecule has 1 N–H and O–H groups in total. The number of allylic oxidation sites excluding steroid dienone is 4. The number of ether oxygens (including phenoxy) is 1. The number of hydrazone groups is 1. The number of rotatable bonds is 8. The molecule has 4 nitrogen and oxygen atoms in total. The van der Waals surface area contributed by atoms with Crippen molar-refractivity contribution in [2.75, 3.05) is 6.61 Å². The predicted molar refractivity (Wildman–Crippen MR) is 95.7 cm³/mol. The zero-order valence-electron chi connectivity index (χ0n) is 14.4. The van der Waals surface area contributed by atoms with E-state index in [0.29, 0.717) is 5.75 Å². The molecule has 0 aliphatic rings. The van der Waals surface area contributed by atoms with E-state index in [4.69, 9.17) is 4.74 Å². The van der Waals surface area contributed by atoms with Crippen molar-refractivity contribution in [3.8, 4) is 5.75 Å². The van der Waals surface area contributed by atoms with Gasteiger partial charge in [0.2, 0.25) is 0 Å². The Labute approximate surface area is 138 Å². The van der Waals surface area contributed by atoms with Crippen LogP contribution in [0.15, 0.2) is 52.7 Å². The highest BCUT2D eigenvalue weighted by atomic mass is 16.5. The predicted octanol–water partition coefficient (Wildman–Crippen LogP) is 4.17. The van der Waals surface area contributed by atoms with Crippen molar-refractivity contribution in [3.05, 3.63) is 53.1 Å². The molecule has 0 aliphatic carbocycles. The van der Waals surface area contributed by atoms with E-state index in [1.54, 1.807) is 6.21 Å². The number of benzene rings is 1. The molecular weight excluding hydrogens is 288 g/mol. The van der Waals surface area contributed by atoms with Crippen LogP contribution in [0.2, 0.25) is 0 Å². The highest BCUT2D eigenvalue weighted by Crippen LogP contribution is 2.10. The molecule has 0 fully saturated rings. The fourth-order valence-corrected chi connectivity index (χ4v) is 1.76. The van der Waals surface area contributed by atoms with Crippen molar-refractivity contribution in [3.63, 3.8) is 0 Å². The minimum atomic E-state index is -0.280. The Bertz CT molecular complexity index is 580. The Kier molecular flexibility index (Phi) is 8.43. The highest BCUT2D eigenvalue weighted by molar-refractivity contribution is 5.79. The van der Waals surface area contributed by atoms with Gasteiger partial charge in [-0.15, -0.1) is 0 Å². The number of aryl methyl sites for hydroxylation is 1. The van der Waals surface area contributed by atoms with E-state index in [1.807, 2.05) is 44.2 Å². The second-order valence-corrected chi connectivity index (χ2v) is 5.75. The molecule has 23 heavy (non-hydrogen) atoms. The topological polar surface area (TPSA) is 50.7 Å². The number of nitrogens with zero attached hydrogens (tertiary/aromatic N) is 1. The van der Waals surface area contributed by atoms with Crippen LogP contribution in [0.1, 0.15) is 39.2 Å². The Balaban J connectivity index is 2.26. The first-order chi connectivity index (χ1) is 11.0. The first kappa shape index (κ1) is 18.7. The van der Waals surface area contributed by atoms with Gasteiger partial charge in [0.05, 0.1) is 0 Å². The summed E-state index contributed by atoms with van der Waals surface area (Å²) in [5, 5.41) is 3.88. The fraction of sp³-hybridized carbons (Fsp3) is 0.368. The first-order valence-electron chi connectivity index (χ1n) is 7.78. The molecule has 0 bridgehead atoms. The maximum atomic E-state index is 11.6. The van der Waals surface area contributed by atoms with E-state index in [2.05, 4.69) is 30.5 Å². The normalized spacial score (nSPS) is 11.4. The molecular formula is C19H26N2O2. The van der Waals surface area contributed by atoms with E-state index in [-0.39, 0.29) is 12.5 Å². The Morgan fingerprint density at radius 3 is 2.57 bits per heavy atom. The molecule has 0 saturated heterocycles. The van der Waals surface area contributed by atoms with Gasteiger partial charge in [-0.1, -0.05) is 34.9 Å². The van der Waals surface area contributed by atoms with Crippen LogP contribution >= 0.6 is 0 Å². The van der Waals surface area contributed by atoms with Gasteiger partial charge in [-0.25, -0.2) is 5.43 Å².